The Morgan fingerprint density at radius 3 is 2.28 bits per heavy atom. The first-order chi connectivity index (χ1) is 8.74. The van der Waals surface area contributed by atoms with Gasteiger partial charge in [-0.25, -0.2) is 4.79 Å². The largest absolute Gasteiger partial charge is 0.350 e. The SMILES string of the molecule is NC(=O)[N]c1cccc2cc3ccccc3cc12. The van der Waals surface area contributed by atoms with E-state index in [1.54, 1.807) is 6.07 Å². The van der Waals surface area contributed by atoms with Crippen LogP contribution in [0, 0.1) is 0 Å². The molecule has 0 bridgehead atoms. The second kappa shape index (κ2) is 4.04. The van der Waals surface area contributed by atoms with E-state index < -0.39 is 6.03 Å². The molecular formula is C15H11N2O. The standard InChI is InChI=1S/C15H11N2O/c16-15(18)17-14-7-3-6-12-8-10-4-1-2-5-11(10)9-13(12)14/h1-9H,(H2,16,18). The number of nitrogens with two attached hydrogens (primary N) is 1. The van der Waals surface area contributed by atoms with Crippen LogP contribution in [0.2, 0.25) is 0 Å². The van der Waals surface area contributed by atoms with Crippen LogP contribution in [-0.2, 0) is 0 Å². The summed E-state index contributed by atoms with van der Waals surface area (Å²) in [6.45, 7) is 0. The van der Waals surface area contributed by atoms with Crippen molar-refractivity contribution in [2.75, 3.05) is 0 Å². The number of rotatable bonds is 1. The third kappa shape index (κ3) is 1.76. The fourth-order valence-electron chi connectivity index (χ4n) is 2.17. The van der Waals surface area contributed by atoms with Crippen LogP contribution in [0.1, 0.15) is 0 Å². The predicted octanol–water partition coefficient (Wildman–Crippen LogP) is 3.31. The number of fused-ring (bicyclic) bond motifs is 2. The molecule has 0 fully saturated rings. The molecule has 0 unspecified atom stereocenters. The van der Waals surface area contributed by atoms with Crippen LogP contribution in [0.5, 0.6) is 0 Å². The lowest BCUT2D eigenvalue weighted by Gasteiger charge is -2.06. The average molecular weight is 235 g/mol. The lowest BCUT2D eigenvalue weighted by molar-refractivity contribution is 0.252. The van der Waals surface area contributed by atoms with Crippen molar-refractivity contribution >= 4 is 33.3 Å². The minimum atomic E-state index is -0.671. The summed E-state index contributed by atoms with van der Waals surface area (Å²) in [6, 6.07) is 17.2. The van der Waals surface area contributed by atoms with E-state index in [0.717, 1.165) is 16.2 Å². The molecule has 3 rings (SSSR count). The van der Waals surface area contributed by atoms with Gasteiger partial charge in [-0.05, 0) is 34.4 Å². The Kier molecular flexibility index (Phi) is 2.38. The van der Waals surface area contributed by atoms with Crippen LogP contribution < -0.4 is 11.1 Å². The third-order valence-corrected chi connectivity index (χ3v) is 2.95. The molecule has 1 radical (unpaired) electrons. The van der Waals surface area contributed by atoms with E-state index in [1.807, 2.05) is 36.4 Å². The van der Waals surface area contributed by atoms with Crippen molar-refractivity contribution in [3.63, 3.8) is 0 Å². The summed E-state index contributed by atoms with van der Waals surface area (Å²) >= 11 is 0. The molecule has 0 atom stereocenters. The van der Waals surface area contributed by atoms with Gasteiger partial charge in [0.05, 0.1) is 5.69 Å². The maximum atomic E-state index is 10.9. The number of hydrogen-bond donors (Lipinski definition) is 1. The Labute approximate surface area is 104 Å². The van der Waals surface area contributed by atoms with E-state index >= 15 is 0 Å². The molecule has 2 amide bonds. The first kappa shape index (κ1) is 10.6. The van der Waals surface area contributed by atoms with Gasteiger partial charge in [0.2, 0.25) is 0 Å². The topological polar surface area (TPSA) is 57.2 Å². The van der Waals surface area contributed by atoms with Crippen LogP contribution in [0.4, 0.5) is 10.5 Å². The molecule has 3 aromatic carbocycles. The molecule has 3 nitrogen and oxygen atoms in total. The molecule has 87 valence electrons. The van der Waals surface area contributed by atoms with E-state index in [-0.39, 0.29) is 0 Å². The first-order valence-corrected chi connectivity index (χ1v) is 5.67. The quantitative estimate of drug-likeness (QED) is 0.646. The fraction of sp³-hybridized carbons (Fsp3) is 0. The van der Waals surface area contributed by atoms with Gasteiger partial charge in [-0.15, -0.1) is 0 Å². The number of carbonyl (C=O) groups excluding carboxylic acids is 1. The summed E-state index contributed by atoms with van der Waals surface area (Å²) in [4.78, 5) is 10.9. The fourth-order valence-corrected chi connectivity index (χ4v) is 2.17. The molecule has 3 aromatic rings. The Morgan fingerprint density at radius 1 is 0.889 bits per heavy atom. The Bertz CT molecular complexity index is 750. The second-order valence-corrected chi connectivity index (χ2v) is 4.15. The smallest absolute Gasteiger partial charge is 0.338 e. The molecule has 0 aromatic heterocycles. The van der Waals surface area contributed by atoms with Crippen molar-refractivity contribution in [1.29, 1.82) is 0 Å². The number of benzene rings is 3. The number of hydrogen-bond acceptors (Lipinski definition) is 1. The van der Waals surface area contributed by atoms with Crippen LogP contribution in [0.15, 0.2) is 54.6 Å². The van der Waals surface area contributed by atoms with E-state index in [4.69, 9.17) is 5.73 Å². The van der Waals surface area contributed by atoms with Crippen LogP contribution in [0.25, 0.3) is 21.5 Å². The van der Waals surface area contributed by atoms with Gasteiger partial charge in [-0.3, -0.25) is 0 Å². The normalized spacial score (nSPS) is 10.7. The molecule has 0 spiro atoms. The Morgan fingerprint density at radius 2 is 1.56 bits per heavy atom. The van der Waals surface area contributed by atoms with E-state index in [9.17, 15) is 4.79 Å². The summed E-state index contributed by atoms with van der Waals surface area (Å²) in [7, 11) is 0. The van der Waals surface area contributed by atoms with E-state index in [0.29, 0.717) is 5.69 Å². The second-order valence-electron chi connectivity index (χ2n) is 4.15. The van der Waals surface area contributed by atoms with Crippen molar-refractivity contribution in [3.8, 4) is 0 Å². The lowest BCUT2D eigenvalue weighted by Crippen LogP contribution is -2.18. The number of nitrogens with zero attached hydrogens (tertiary/aromatic N) is 1. The molecule has 0 heterocycles. The summed E-state index contributed by atoms with van der Waals surface area (Å²) in [5.41, 5.74) is 5.74. The number of primary amides is 1. The van der Waals surface area contributed by atoms with Crippen molar-refractivity contribution < 1.29 is 4.79 Å². The summed E-state index contributed by atoms with van der Waals surface area (Å²) in [5, 5.41) is 8.12. The van der Waals surface area contributed by atoms with Crippen molar-refractivity contribution in [3.05, 3.63) is 54.6 Å². The third-order valence-electron chi connectivity index (χ3n) is 2.95. The molecule has 0 aliphatic rings. The highest BCUT2D eigenvalue weighted by atomic mass is 16.2. The molecule has 0 aliphatic carbocycles. The zero-order chi connectivity index (χ0) is 12.5. The monoisotopic (exact) mass is 235 g/mol. The molecule has 2 N–H and O–H groups in total. The zero-order valence-electron chi connectivity index (χ0n) is 9.63. The molecule has 0 saturated carbocycles. The molecule has 0 saturated heterocycles. The molecule has 0 aliphatic heterocycles. The van der Waals surface area contributed by atoms with E-state index in [1.165, 1.54) is 5.39 Å². The summed E-state index contributed by atoms with van der Waals surface area (Å²) in [5.74, 6) is 0. The van der Waals surface area contributed by atoms with Crippen molar-refractivity contribution in [1.82, 2.24) is 5.32 Å². The highest BCUT2D eigenvalue weighted by Gasteiger charge is 2.05. The number of carbonyl (C=O) groups is 1. The maximum absolute atomic E-state index is 10.9. The molecule has 3 heteroatoms. The zero-order valence-corrected chi connectivity index (χ0v) is 9.63. The van der Waals surface area contributed by atoms with Crippen LogP contribution in [0.3, 0.4) is 0 Å². The Balaban J connectivity index is 2.32. The van der Waals surface area contributed by atoms with Gasteiger partial charge in [0.25, 0.3) is 0 Å². The Hall–Kier alpha value is -2.55. The van der Waals surface area contributed by atoms with E-state index in [2.05, 4.69) is 17.4 Å². The van der Waals surface area contributed by atoms with Gasteiger partial charge >= 0.3 is 6.03 Å². The maximum Gasteiger partial charge on any atom is 0.338 e. The van der Waals surface area contributed by atoms with Crippen LogP contribution in [-0.4, -0.2) is 6.03 Å². The first-order valence-electron chi connectivity index (χ1n) is 5.67. The molecular weight excluding hydrogens is 224 g/mol. The van der Waals surface area contributed by atoms with Gasteiger partial charge in [0, 0.05) is 5.39 Å². The highest BCUT2D eigenvalue weighted by molar-refractivity contribution is 6.04. The lowest BCUT2D eigenvalue weighted by atomic mass is 10.0. The molecule has 18 heavy (non-hydrogen) atoms. The van der Waals surface area contributed by atoms with Crippen molar-refractivity contribution in [2.24, 2.45) is 5.73 Å². The number of amides is 2. The minimum absolute atomic E-state index is 0.616. The highest BCUT2D eigenvalue weighted by Crippen LogP contribution is 2.28. The van der Waals surface area contributed by atoms with Gasteiger partial charge in [-0.2, -0.15) is 5.32 Å². The van der Waals surface area contributed by atoms with Crippen LogP contribution >= 0.6 is 0 Å². The summed E-state index contributed by atoms with van der Waals surface area (Å²) in [6.07, 6.45) is 0. The van der Waals surface area contributed by atoms with Gasteiger partial charge < -0.3 is 5.73 Å². The summed E-state index contributed by atoms with van der Waals surface area (Å²) < 4.78 is 0. The minimum Gasteiger partial charge on any atom is -0.350 e. The number of urea groups is 1. The predicted molar refractivity (Wildman–Crippen MR) is 72.8 cm³/mol. The van der Waals surface area contributed by atoms with Crippen molar-refractivity contribution in [2.45, 2.75) is 0 Å². The average Bonchev–Trinajstić information content (AvgIpc) is 2.36. The van der Waals surface area contributed by atoms with Gasteiger partial charge in [0.1, 0.15) is 0 Å². The van der Waals surface area contributed by atoms with Gasteiger partial charge in [0.15, 0.2) is 0 Å². The van der Waals surface area contributed by atoms with Gasteiger partial charge in [-0.1, -0.05) is 36.4 Å².